The molecule has 0 spiro atoms. The number of ether oxygens (including phenoxy) is 1. The first kappa shape index (κ1) is 13.0. The summed E-state index contributed by atoms with van der Waals surface area (Å²) in [5.41, 5.74) is 1.21. The number of aliphatic hydroxyl groups excluding tert-OH is 3. The number of rotatable bonds is 2. The lowest BCUT2D eigenvalue weighted by molar-refractivity contribution is -0.112. The molecular weight excluding hydrogens is 271 g/mol. The molecule has 4 N–H and O–H groups in total. The van der Waals surface area contributed by atoms with E-state index in [4.69, 9.17) is 9.84 Å². The van der Waals surface area contributed by atoms with Crippen molar-refractivity contribution < 1.29 is 24.9 Å². The number of fused-ring (bicyclic) bond motifs is 1. The molecular formula is C11H15N2O5P. The van der Waals surface area contributed by atoms with Gasteiger partial charge in [0.05, 0.1) is 23.9 Å². The zero-order valence-electron chi connectivity index (χ0n) is 9.98. The molecule has 7 nitrogen and oxygen atoms in total. The Morgan fingerprint density at radius 3 is 2.95 bits per heavy atom. The molecule has 0 aromatic carbocycles. The smallest absolute Gasteiger partial charge is 0.170 e. The summed E-state index contributed by atoms with van der Waals surface area (Å²) < 4.78 is 5.52. The van der Waals surface area contributed by atoms with E-state index in [0.29, 0.717) is 11.0 Å². The van der Waals surface area contributed by atoms with Crippen LogP contribution in [-0.4, -0.2) is 69.8 Å². The average Bonchev–Trinajstić information content (AvgIpc) is 2.90. The van der Waals surface area contributed by atoms with Gasteiger partial charge in [0, 0.05) is 12.4 Å². The maximum absolute atomic E-state index is 11.9. The molecule has 0 bridgehead atoms. The Bertz CT molecular complexity index is 515. The van der Waals surface area contributed by atoms with E-state index in [-0.39, 0.29) is 18.6 Å². The number of ketones is 1. The van der Waals surface area contributed by atoms with Gasteiger partial charge in [0.25, 0.3) is 0 Å². The molecule has 1 fully saturated rings. The maximum atomic E-state index is 11.9. The van der Waals surface area contributed by atoms with Crippen LogP contribution >= 0.6 is 7.55 Å². The summed E-state index contributed by atoms with van der Waals surface area (Å²) in [6.45, 7) is -0.360. The molecule has 5 atom stereocenters. The number of hydrogen-bond donors (Lipinski definition) is 4. The van der Waals surface area contributed by atoms with Crippen molar-refractivity contribution in [1.82, 2.24) is 5.32 Å². The van der Waals surface area contributed by atoms with E-state index in [0.717, 1.165) is 0 Å². The third-order valence-corrected chi connectivity index (χ3v) is 6.47. The number of carbonyl (C=O) groups is 1. The van der Waals surface area contributed by atoms with Crippen molar-refractivity contribution in [2.45, 2.75) is 24.2 Å². The molecule has 8 heteroatoms. The van der Waals surface area contributed by atoms with Gasteiger partial charge in [-0.15, -0.1) is 0 Å². The fraction of sp³-hybridized carbons (Fsp3) is 0.545. The van der Waals surface area contributed by atoms with E-state index in [1.807, 2.05) is 0 Å². The number of aliphatic imine (C=N–C) groups is 1. The number of Topliss-reactive ketones (excluding diaryl/α,β-unsaturated/α-hetero) is 1. The molecule has 3 aliphatic rings. The van der Waals surface area contributed by atoms with Crippen LogP contribution in [0.25, 0.3) is 0 Å². The lowest BCUT2D eigenvalue weighted by Crippen LogP contribution is -2.33. The predicted octanol–water partition coefficient (Wildman–Crippen LogP) is -2.13. The van der Waals surface area contributed by atoms with Gasteiger partial charge in [-0.2, -0.15) is 0 Å². The Hall–Kier alpha value is -0.980. The van der Waals surface area contributed by atoms with Gasteiger partial charge >= 0.3 is 0 Å². The first-order valence-electron chi connectivity index (χ1n) is 6.01. The van der Waals surface area contributed by atoms with E-state index in [9.17, 15) is 15.0 Å². The van der Waals surface area contributed by atoms with Crippen LogP contribution in [0.2, 0.25) is 0 Å². The molecule has 0 radical (unpaired) electrons. The first-order chi connectivity index (χ1) is 9.13. The minimum atomic E-state index is -1.54. The fourth-order valence-corrected chi connectivity index (χ4v) is 5.51. The van der Waals surface area contributed by atoms with Crippen molar-refractivity contribution in [3.63, 3.8) is 0 Å². The van der Waals surface area contributed by atoms with E-state index >= 15 is 0 Å². The molecule has 19 heavy (non-hydrogen) atoms. The zero-order chi connectivity index (χ0) is 13.6. The highest BCUT2D eigenvalue weighted by molar-refractivity contribution is 7.62. The Morgan fingerprint density at radius 2 is 2.26 bits per heavy atom. The third kappa shape index (κ3) is 1.98. The van der Waals surface area contributed by atoms with Gasteiger partial charge < -0.3 is 25.4 Å². The summed E-state index contributed by atoms with van der Waals surface area (Å²) in [4.78, 5) is 16.1. The molecule has 104 valence electrons. The number of hydrogen-bond acceptors (Lipinski definition) is 7. The van der Waals surface area contributed by atoms with Crippen molar-refractivity contribution in [1.29, 1.82) is 0 Å². The molecule has 1 saturated heterocycles. The monoisotopic (exact) mass is 286 g/mol. The van der Waals surface area contributed by atoms with Crippen LogP contribution in [0.3, 0.4) is 0 Å². The van der Waals surface area contributed by atoms with Crippen LogP contribution in [-0.2, 0) is 9.53 Å². The van der Waals surface area contributed by atoms with Gasteiger partial charge in [-0.25, -0.2) is 4.99 Å². The number of carbonyl (C=O) groups excluding carboxylic acids is 1. The second-order valence-corrected chi connectivity index (χ2v) is 7.16. The summed E-state index contributed by atoms with van der Waals surface area (Å²) in [5.74, 6) is -0.650. The van der Waals surface area contributed by atoms with Crippen molar-refractivity contribution in [3.05, 3.63) is 11.8 Å². The van der Waals surface area contributed by atoms with E-state index in [1.165, 1.54) is 6.34 Å². The molecule has 0 saturated carbocycles. The second kappa shape index (κ2) is 4.85. The Balaban J connectivity index is 1.95. The highest BCUT2D eigenvalue weighted by Crippen LogP contribution is 2.46. The lowest BCUT2D eigenvalue weighted by Gasteiger charge is -2.17. The largest absolute Gasteiger partial charge is 0.394 e. The number of nitrogens with one attached hydrogen (secondary N) is 1. The van der Waals surface area contributed by atoms with E-state index in [2.05, 4.69) is 10.3 Å². The first-order valence-corrected chi connectivity index (χ1v) is 7.79. The molecule has 3 rings (SSSR count). The topological polar surface area (TPSA) is 111 Å². The molecule has 0 aromatic heterocycles. The van der Waals surface area contributed by atoms with E-state index in [1.54, 1.807) is 6.20 Å². The highest BCUT2D eigenvalue weighted by atomic mass is 31.1. The predicted molar refractivity (Wildman–Crippen MR) is 70.7 cm³/mol. The molecule has 1 unspecified atom stereocenters. The van der Waals surface area contributed by atoms with Crippen LogP contribution in [0.15, 0.2) is 16.8 Å². The van der Waals surface area contributed by atoms with Gasteiger partial charge in [0.1, 0.15) is 24.2 Å². The Morgan fingerprint density at radius 1 is 1.47 bits per heavy atom. The van der Waals surface area contributed by atoms with Gasteiger partial charge in [0.2, 0.25) is 0 Å². The minimum Gasteiger partial charge on any atom is -0.394 e. The Kier molecular flexibility index (Phi) is 3.32. The van der Waals surface area contributed by atoms with Crippen LogP contribution in [0.1, 0.15) is 0 Å². The molecule has 0 aliphatic carbocycles. The summed E-state index contributed by atoms with van der Waals surface area (Å²) in [6, 6.07) is 0. The van der Waals surface area contributed by atoms with Crippen molar-refractivity contribution in [2.75, 3.05) is 12.8 Å². The van der Waals surface area contributed by atoms with Crippen molar-refractivity contribution >= 4 is 25.1 Å². The van der Waals surface area contributed by atoms with E-state index < -0.39 is 31.7 Å². The van der Waals surface area contributed by atoms with Gasteiger partial charge in [-0.05, 0) is 0 Å². The number of aliphatic hydroxyl groups is 3. The second-order valence-electron chi connectivity index (χ2n) is 4.72. The molecule has 3 aliphatic heterocycles. The fourth-order valence-electron chi connectivity index (χ4n) is 2.60. The van der Waals surface area contributed by atoms with Gasteiger partial charge in [0.15, 0.2) is 5.78 Å². The Labute approximate surface area is 110 Å². The van der Waals surface area contributed by atoms with Crippen LogP contribution in [0.4, 0.5) is 0 Å². The van der Waals surface area contributed by atoms with Gasteiger partial charge in [-0.1, -0.05) is 7.55 Å². The maximum Gasteiger partial charge on any atom is 0.170 e. The van der Waals surface area contributed by atoms with Crippen LogP contribution < -0.4 is 5.32 Å². The summed E-state index contributed by atoms with van der Waals surface area (Å²) >= 11 is 0. The molecule has 3 heterocycles. The lowest BCUT2D eigenvalue weighted by atomic mass is 10.2. The molecule has 0 aromatic rings. The minimum absolute atomic E-state index is 0.0222. The quantitative estimate of drug-likeness (QED) is 0.431. The van der Waals surface area contributed by atoms with Gasteiger partial charge in [-0.3, -0.25) is 4.79 Å². The SMILES string of the molecule is O=C1C[PH]([C@@H]2O[C@H](CO)[C@@H](O)[C@H]2O)=C2N=CNC=C12. The summed E-state index contributed by atoms with van der Waals surface area (Å²) in [6.07, 6.45) is 0.370. The van der Waals surface area contributed by atoms with Crippen LogP contribution in [0, 0.1) is 0 Å². The zero-order valence-corrected chi connectivity index (χ0v) is 11.0. The highest BCUT2D eigenvalue weighted by Gasteiger charge is 2.46. The normalized spacial score (nSPS) is 41.2. The standard InChI is InChI=1S/C11H15N2O5P/c14-2-7-8(16)9(17)11(18-7)19-3-6(15)5-1-12-4-13-10(5)19/h1,4,7-9,11,14,16-17,19H,2-3H2,(H,12,13)/t7-,8-,9-,11+/m1/s1. The average molecular weight is 286 g/mol. The number of nitrogens with zero attached hydrogens (tertiary/aromatic N) is 1. The van der Waals surface area contributed by atoms with Crippen molar-refractivity contribution in [3.8, 4) is 0 Å². The summed E-state index contributed by atoms with van der Waals surface area (Å²) in [5, 5.41) is 31.7. The third-order valence-electron chi connectivity index (χ3n) is 3.59. The van der Waals surface area contributed by atoms with Crippen LogP contribution in [0.5, 0.6) is 0 Å². The summed E-state index contributed by atoms with van der Waals surface area (Å²) in [7, 11) is -1.54. The van der Waals surface area contributed by atoms with Crippen molar-refractivity contribution in [2.24, 2.45) is 4.99 Å². The molecule has 0 amide bonds.